The van der Waals surface area contributed by atoms with Crippen molar-refractivity contribution < 1.29 is 13.2 Å². The molecule has 4 rings (SSSR count). The second kappa shape index (κ2) is 8.81. The van der Waals surface area contributed by atoms with Crippen LogP contribution in [0.4, 0.5) is 0 Å². The zero-order valence-electron chi connectivity index (χ0n) is 17.0. The van der Waals surface area contributed by atoms with Crippen LogP contribution in [0.2, 0.25) is 0 Å². The quantitative estimate of drug-likeness (QED) is 0.763. The van der Waals surface area contributed by atoms with Gasteiger partial charge in [0, 0.05) is 50.3 Å². The summed E-state index contributed by atoms with van der Waals surface area (Å²) < 4.78 is 27.8. The molecule has 30 heavy (non-hydrogen) atoms. The zero-order valence-corrected chi connectivity index (χ0v) is 17.9. The van der Waals surface area contributed by atoms with Crippen LogP contribution in [0.5, 0.6) is 0 Å². The molecule has 2 aromatic heterocycles. The largest absolute Gasteiger partial charge is 0.355 e. The first-order valence-electron chi connectivity index (χ1n) is 10.6. The SMILES string of the molecule is O=C(NCCc1ccccn1)C1CN(S(=O)(=O)c2cccnc2)CC12CCCCC2. The predicted molar refractivity (Wildman–Crippen MR) is 113 cm³/mol. The highest BCUT2D eigenvalue weighted by atomic mass is 32.2. The van der Waals surface area contributed by atoms with Gasteiger partial charge in [-0.2, -0.15) is 4.31 Å². The van der Waals surface area contributed by atoms with Gasteiger partial charge in [0.05, 0.1) is 5.92 Å². The van der Waals surface area contributed by atoms with Gasteiger partial charge in [0.15, 0.2) is 0 Å². The monoisotopic (exact) mass is 428 g/mol. The summed E-state index contributed by atoms with van der Waals surface area (Å²) >= 11 is 0. The molecule has 1 unspecified atom stereocenters. The Kier molecular flexibility index (Phi) is 6.15. The van der Waals surface area contributed by atoms with Crippen LogP contribution in [-0.4, -0.2) is 48.2 Å². The van der Waals surface area contributed by atoms with Gasteiger partial charge in [-0.25, -0.2) is 8.42 Å². The van der Waals surface area contributed by atoms with E-state index in [-0.39, 0.29) is 28.7 Å². The van der Waals surface area contributed by atoms with Gasteiger partial charge in [0.25, 0.3) is 0 Å². The van der Waals surface area contributed by atoms with Gasteiger partial charge in [0.1, 0.15) is 4.90 Å². The van der Waals surface area contributed by atoms with Crippen LogP contribution in [0, 0.1) is 11.3 Å². The topological polar surface area (TPSA) is 92.3 Å². The van der Waals surface area contributed by atoms with Crippen LogP contribution in [0.3, 0.4) is 0 Å². The molecule has 1 aliphatic heterocycles. The molecule has 1 atom stereocenters. The maximum absolute atomic E-state index is 13.2. The third-order valence-electron chi connectivity index (χ3n) is 6.46. The lowest BCUT2D eigenvalue weighted by molar-refractivity contribution is -0.128. The summed E-state index contributed by atoms with van der Waals surface area (Å²) in [6.07, 6.45) is 10.3. The number of nitrogens with zero attached hydrogens (tertiary/aromatic N) is 3. The molecule has 8 heteroatoms. The standard InChI is InChI=1S/C22H28N4O3S/c27-21(25-14-9-18-7-2-5-13-24-18)20-16-26(17-22(20)10-3-1-4-11-22)30(28,29)19-8-6-12-23-15-19/h2,5-8,12-13,15,20H,1,3-4,9-11,14,16-17H2,(H,25,27). The lowest BCUT2D eigenvalue weighted by Gasteiger charge is -2.37. The molecular weight excluding hydrogens is 400 g/mol. The molecule has 0 aromatic carbocycles. The lowest BCUT2D eigenvalue weighted by atomic mass is 9.67. The van der Waals surface area contributed by atoms with Crippen molar-refractivity contribution in [2.24, 2.45) is 11.3 Å². The number of pyridine rings is 2. The van der Waals surface area contributed by atoms with Crippen molar-refractivity contribution in [3.63, 3.8) is 0 Å². The number of amides is 1. The lowest BCUT2D eigenvalue weighted by Crippen LogP contribution is -2.43. The van der Waals surface area contributed by atoms with Gasteiger partial charge < -0.3 is 5.32 Å². The summed E-state index contributed by atoms with van der Waals surface area (Å²) in [7, 11) is -3.66. The summed E-state index contributed by atoms with van der Waals surface area (Å²) in [4.78, 5) is 21.6. The third-order valence-corrected chi connectivity index (χ3v) is 8.26. The zero-order chi connectivity index (χ0) is 21.0. The van der Waals surface area contributed by atoms with Gasteiger partial charge in [0.2, 0.25) is 15.9 Å². The Balaban J connectivity index is 1.49. The highest BCUT2D eigenvalue weighted by molar-refractivity contribution is 7.89. The van der Waals surface area contributed by atoms with E-state index in [9.17, 15) is 13.2 Å². The minimum Gasteiger partial charge on any atom is -0.355 e. The molecule has 2 fully saturated rings. The molecular formula is C22H28N4O3S. The summed E-state index contributed by atoms with van der Waals surface area (Å²) in [5, 5.41) is 3.04. The highest BCUT2D eigenvalue weighted by Crippen LogP contribution is 2.48. The number of hydrogen-bond acceptors (Lipinski definition) is 5. The maximum atomic E-state index is 13.2. The van der Waals surface area contributed by atoms with Crippen LogP contribution in [0.15, 0.2) is 53.8 Å². The minimum atomic E-state index is -3.66. The van der Waals surface area contributed by atoms with E-state index in [4.69, 9.17) is 0 Å². The Morgan fingerprint density at radius 3 is 2.67 bits per heavy atom. The van der Waals surface area contributed by atoms with Crippen molar-refractivity contribution in [3.8, 4) is 0 Å². The molecule has 1 saturated heterocycles. The van der Waals surface area contributed by atoms with Crippen molar-refractivity contribution in [2.45, 2.75) is 43.4 Å². The van der Waals surface area contributed by atoms with E-state index >= 15 is 0 Å². The molecule has 0 bridgehead atoms. The van der Waals surface area contributed by atoms with Gasteiger partial charge in [-0.15, -0.1) is 0 Å². The van der Waals surface area contributed by atoms with Crippen LogP contribution in [0.25, 0.3) is 0 Å². The van der Waals surface area contributed by atoms with Crippen LogP contribution < -0.4 is 5.32 Å². The summed E-state index contributed by atoms with van der Waals surface area (Å²) in [6.45, 7) is 1.13. The van der Waals surface area contributed by atoms with Crippen LogP contribution in [0.1, 0.15) is 37.8 Å². The van der Waals surface area contributed by atoms with E-state index in [2.05, 4.69) is 15.3 Å². The normalized spacial score (nSPS) is 21.5. The second-order valence-corrected chi connectivity index (χ2v) is 10.3. The number of rotatable bonds is 6. The second-order valence-electron chi connectivity index (χ2n) is 8.32. The molecule has 0 radical (unpaired) electrons. The summed E-state index contributed by atoms with van der Waals surface area (Å²) in [5.41, 5.74) is 0.653. The Labute approximate surface area is 178 Å². The van der Waals surface area contributed by atoms with Crippen molar-refractivity contribution in [3.05, 3.63) is 54.6 Å². The molecule has 2 aromatic rings. The molecule has 160 valence electrons. The minimum absolute atomic E-state index is 0.0447. The first-order chi connectivity index (χ1) is 14.5. The summed E-state index contributed by atoms with van der Waals surface area (Å²) in [5.74, 6) is -0.371. The molecule has 7 nitrogen and oxygen atoms in total. The van der Waals surface area contributed by atoms with Crippen molar-refractivity contribution in [2.75, 3.05) is 19.6 Å². The van der Waals surface area contributed by atoms with Gasteiger partial charge in [-0.1, -0.05) is 25.3 Å². The first-order valence-corrected chi connectivity index (χ1v) is 12.0. The Morgan fingerprint density at radius 1 is 1.13 bits per heavy atom. The fourth-order valence-electron chi connectivity index (χ4n) is 4.86. The van der Waals surface area contributed by atoms with Crippen LogP contribution >= 0.6 is 0 Å². The maximum Gasteiger partial charge on any atom is 0.244 e. The molecule has 2 aliphatic rings. The Bertz CT molecular complexity index is 960. The van der Waals surface area contributed by atoms with E-state index in [1.807, 2.05) is 18.2 Å². The predicted octanol–water partition coefficient (Wildman–Crippen LogP) is 2.41. The molecule has 1 amide bonds. The van der Waals surface area contributed by atoms with Crippen molar-refractivity contribution in [1.29, 1.82) is 0 Å². The number of aromatic nitrogens is 2. The Hall–Kier alpha value is -2.32. The molecule has 1 saturated carbocycles. The van der Waals surface area contributed by atoms with E-state index in [1.165, 1.54) is 10.5 Å². The van der Waals surface area contributed by atoms with Gasteiger partial charge in [-0.05, 0) is 42.5 Å². The number of carbonyl (C=O) groups excluding carboxylic acids is 1. The fourth-order valence-corrected chi connectivity index (χ4v) is 6.38. The average Bonchev–Trinajstić information content (AvgIpc) is 3.15. The third kappa shape index (κ3) is 4.25. The van der Waals surface area contributed by atoms with E-state index in [1.54, 1.807) is 24.5 Å². The number of carbonyl (C=O) groups is 1. The van der Waals surface area contributed by atoms with E-state index < -0.39 is 10.0 Å². The van der Waals surface area contributed by atoms with Crippen molar-refractivity contribution in [1.82, 2.24) is 19.6 Å². The van der Waals surface area contributed by atoms with Crippen LogP contribution in [-0.2, 0) is 21.2 Å². The van der Waals surface area contributed by atoms with Gasteiger partial charge >= 0.3 is 0 Å². The Morgan fingerprint density at radius 2 is 1.97 bits per heavy atom. The van der Waals surface area contributed by atoms with Crippen molar-refractivity contribution >= 4 is 15.9 Å². The van der Waals surface area contributed by atoms with Gasteiger partial charge in [-0.3, -0.25) is 14.8 Å². The molecule has 1 spiro atoms. The molecule has 3 heterocycles. The number of nitrogens with one attached hydrogen (secondary N) is 1. The van der Waals surface area contributed by atoms with E-state index in [0.717, 1.165) is 37.8 Å². The number of hydrogen-bond donors (Lipinski definition) is 1. The highest BCUT2D eigenvalue weighted by Gasteiger charge is 2.53. The smallest absolute Gasteiger partial charge is 0.244 e. The van der Waals surface area contributed by atoms with E-state index in [0.29, 0.717) is 19.5 Å². The first kappa shape index (κ1) is 20.9. The molecule has 1 aliphatic carbocycles. The average molecular weight is 429 g/mol. The fraction of sp³-hybridized carbons (Fsp3) is 0.500. The molecule has 1 N–H and O–H groups in total. The summed E-state index contributed by atoms with van der Waals surface area (Å²) in [6, 6.07) is 8.92. The number of sulfonamides is 1.